The van der Waals surface area contributed by atoms with Gasteiger partial charge in [0.05, 0.1) is 10.9 Å². The largest absolute Gasteiger partial charge is 0.466 e. The fraction of sp³-hybridized carbons (Fsp3) is 0.500. The number of hydrogen-bond donors (Lipinski definition) is 0. The van der Waals surface area contributed by atoms with Crippen molar-refractivity contribution >= 4 is 11.6 Å². The summed E-state index contributed by atoms with van der Waals surface area (Å²) in [7, 11) is 0. The molecule has 0 saturated carbocycles. The molecule has 92 valence electrons. The Morgan fingerprint density at radius 3 is 2.76 bits per heavy atom. The van der Waals surface area contributed by atoms with Crippen LogP contribution in [0.4, 0.5) is 0 Å². The van der Waals surface area contributed by atoms with E-state index in [-0.39, 0.29) is 5.38 Å². The van der Waals surface area contributed by atoms with Crippen molar-refractivity contribution in [2.45, 2.75) is 39.0 Å². The molecule has 0 fully saturated rings. The van der Waals surface area contributed by atoms with Gasteiger partial charge in [-0.2, -0.15) is 4.98 Å². The van der Waals surface area contributed by atoms with Crippen LogP contribution in [0, 0.1) is 13.8 Å². The van der Waals surface area contributed by atoms with Crippen molar-refractivity contribution in [2.75, 3.05) is 0 Å². The van der Waals surface area contributed by atoms with Crippen molar-refractivity contribution < 1.29 is 8.94 Å². The third kappa shape index (κ3) is 2.52. The van der Waals surface area contributed by atoms with Gasteiger partial charge in [0, 0.05) is 0 Å². The summed E-state index contributed by atoms with van der Waals surface area (Å²) in [6, 6.07) is 1.88. The third-order valence-electron chi connectivity index (χ3n) is 2.54. The maximum atomic E-state index is 6.14. The van der Waals surface area contributed by atoms with Crippen LogP contribution in [0.15, 0.2) is 15.0 Å². The van der Waals surface area contributed by atoms with Crippen molar-refractivity contribution in [3.8, 4) is 11.5 Å². The minimum absolute atomic E-state index is 0.189. The summed E-state index contributed by atoms with van der Waals surface area (Å²) in [4.78, 5) is 4.30. The summed E-state index contributed by atoms with van der Waals surface area (Å²) < 4.78 is 10.6. The smallest absolute Gasteiger partial charge is 0.261 e. The van der Waals surface area contributed by atoms with Crippen LogP contribution in [0.5, 0.6) is 0 Å². The molecule has 1 atom stereocenters. The zero-order valence-corrected chi connectivity index (χ0v) is 10.9. The second kappa shape index (κ2) is 4.92. The molecule has 0 aliphatic carbocycles. The highest BCUT2D eigenvalue weighted by molar-refractivity contribution is 6.20. The predicted molar refractivity (Wildman–Crippen MR) is 65.0 cm³/mol. The van der Waals surface area contributed by atoms with E-state index < -0.39 is 0 Å². The quantitative estimate of drug-likeness (QED) is 0.773. The second-order valence-corrected chi connectivity index (χ2v) is 4.57. The van der Waals surface area contributed by atoms with E-state index in [0.717, 1.165) is 29.9 Å². The lowest BCUT2D eigenvalue weighted by Crippen LogP contribution is -1.92. The normalized spacial score (nSPS) is 12.9. The lowest BCUT2D eigenvalue weighted by molar-refractivity contribution is 0.419. The first-order valence-electron chi connectivity index (χ1n) is 5.67. The number of aryl methyl sites for hydroxylation is 2. The van der Waals surface area contributed by atoms with E-state index in [1.54, 1.807) is 0 Å². The van der Waals surface area contributed by atoms with Gasteiger partial charge >= 0.3 is 0 Å². The van der Waals surface area contributed by atoms with Crippen molar-refractivity contribution in [3.63, 3.8) is 0 Å². The molecule has 0 aliphatic rings. The van der Waals surface area contributed by atoms with Gasteiger partial charge in [-0.05, 0) is 26.3 Å². The molecule has 5 heteroatoms. The van der Waals surface area contributed by atoms with Crippen LogP contribution < -0.4 is 0 Å². The average Bonchev–Trinajstić information content (AvgIpc) is 2.85. The highest BCUT2D eigenvalue weighted by atomic mass is 35.5. The highest BCUT2D eigenvalue weighted by Gasteiger charge is 2.18. The summed E-state index contributed by atoms with van der Waals surface area (Å²) >= 11 is 6.14. The van der Waals surface area contributed by atoms with Crippen LogP contribution in [0.25, 0.3) is 11.5 Å². The van der Waals surface area contributed by atoms with Crippen LogP contribution in [0.3, 0.4) is 0 Å². The fourth-order valence-electron chi connectivity index (χ4n) is 1.70. The van der Waals surface area contributed by atoms with Crippen molar-refractivity contribution in [1.82, 2.24) is 10.1 Å². The first-order valence-corrected chi connectivity index (χ1v) is 6.10. The lowest BCUT2D eigenvalue weighted by atomic mass is 10.2. The Kier molecular flexibility index (Phi) is 3.52. The minimum atomic E-state index is -0.189. The third-order valence-corrected chi connectivity index (χ3v) is 2.95. The minimum Gasteiger partial charge on any atom is -0.466 e. The Morgan fingerprint density at radius 1 is 1.41 bits per heavy atom. The van der Waals surface area contributed by atoms with E-state index >= 15 is 0 Å². The first-order chi connectivity index (χ1) is 8.11. The molecule has 0 radical (unpaired) electrons. The zero-order chi connectivity index (χ0) is 12.4. The zero-order valence-electron chi connectivity index (χ0n) is 10.2. The van der Waals surface area contributed by atoms with Gasteiger partial charge in [-0.3, -0.25) is 0 Å². The van der Waals surface area contributed by atoms with Gasteiger partial charge in [0.15, 0.2) is 5.82 Å². The topological polar surface area (TPSA) is 52.1 Å². The number of hydrogen-bond acceptors (Lipinski definition) is 4. The van der Waals surface area contributed by atoms with Gasteiger partial charge in [0.2, 0.25) is 0 Å². The Labute approximate surface area is 105 Å². The van der Waals surface area contributed by atoms with Crippen molar-refractivity contribution in [2.24, 2.45) is 0 Å². The summed E-state index contributed by atoms with van der Waals surface area (Å²) in [6.45, 7) is 5.83. The maximum absolute atomic E-state index is 6.14. The molecule has 0 bridgehead atoms. The van der Waals surface area contributed by atoms with Gasteiger partial charge in [-0.25, -0.2) is 0 Å². The summed E-state index contributed by atoms with van der Waals surface area (Å²) in [6.07, 6.45) is 1.83. The molecule has 17 heavy (non-hydrogen) atoms. The Balaban J connectivity index is 2.26. The van der Waals surface area contributed by atoms with Crippen LogP contribution in [-0.4, -0.2) is 10.1 Å². The van der Waals surface area contributed by atoms with Crippen LogP contribution in [0.2, 0.25) is 0 Å². The molecule has 0 saturated heterocycles. The Hall–Kier alpha value is -1.29. The van der Waals surface area contributed by atoms with E-state index in [1.807, 2.05) is 19.9 Å². The number of halogens is 1. The number of aromatic nitrogens is 2. The second-order valence-electron chi connectivity index (χ2n) is 4.04. The Bertz CT molecular complexity index is 504. The van der Waals surface area contributed by atoms with Gasteiger partial charge in [-0.15, -0.1) is 11.6 Å². The Morgan fingerprint density at radius 2 is 2.18 bits per heavy atom. The van der Waals surface area contributed by atoms with Gasteiger partial charge < -0.3 is 8.94 Å². The molecule has 0 amide bonds. The average molecular weight is 255 g/mol. The van der Waals surface area contributed by atoms with Crippen LogP contribution in [0.1, 0.15) is 42.5 Å². The van der Waals surface area contributed by atoms with Gasteiger partial charge in [0.25, 0.3) is 5.89 Å². The molecule has 2 rings (SSSR count). The standard InChI is InChI=1S/C12H15ClN2O2/c1-4-5-10(13)11-14-12(17-15-11)9-6-7(2)16-8(9)3/h6,10H,4-5H2,1-3H3. The fourth-order valence-corrected chi connectivity index (χ4v) is 2.00. The van der Waals surface area contributed by atoms with Crippen molar-refractivity contribution in [1.29, 1.82) is 0 Å². The number of alkyl halides is 1. The number of rotatable bonds is 4. The van der Waals surface area contributed by atoms with Gasteiger partial charge in [0.1, 0.15) is 11.5 Å². The maximum Gasteiger partial charge on any atom is 0.261 e. The molecule has 0 N–H and O–H groups in total. The lowest BCUT2D eigenvalue weighted by Gasteiger charge is -1.99. The number of nitrogens with zero attached hydrogens (tertiary/aromatic N) is 2. The van der Waals surface area contributed by atoms with Crippen molar-refractivity contribution in [3.05, 3.63) is 23.4 Å². The molecular formula is C12H15ClN2O2. The van der Waals surface area contributed by atoms with E-state index in [1.165, 1.54) is 0 Å². The molecule has 0 aromatic carbocycles. The van der Waals surface area contributed by atoms with Crippen LogP contribution >= 0.6 is 11.6 Å². The van der Waals surface area contributed by atoms with E-state index in [9.17, 15) is 0 Å². The van der Waals surface area contributed by atoms with Gasteiger partial charge in [-0.1, -0.05) is 18.5 Å². The highest BCUT2D eigenvalue weighted by Crippen LogP contribution is 2.28. The monoisotopic (exact) mass is 254 g/mol. The summed E-state index contributed by atoms with van der Waals surface area (Å²) in [5, 5.41) is 3.71. The molecule has 1 unspecified atom stereocenters. The molecule has 0 spiro atoms. The summed E-state index contributed by atoms with van der Waals surface area (Å²) in [5.41, 5.74) is 0.835. The predicted octanol–water partition coefficient (Wildman–Crippen LogP) is 4.03. The molecule has 4 nitrogen and oxygen atoms in total. The first kappa shape index (κ1) is 12.2. The van der Waals surface area contributed by atoms with Crippen LogP contribution in [-0.2, 0) is 0 Å². The summed E-state index contributed by atoms with van der Waals surface area (Å²) in [5.74, 6) is 2.62. The molecule has 2 aromatic rings. The van der Waals surface area contributed by atoms with E-state index in [2.05, 4.69) is 17.1 Å². The molecule has 2 heterocycles. The molecule has 0 aliphatic heterocycles. The molecule has 2 aromatic heterocycles. The SMILES string of the molecule is CCCC(Cl)c1noc(-c2cc(C)oc2C)n1. The molecular weight excluding hydrogens is 240 g/mol. The van der Waals surface area contributed by atoms with E-state index in [0.29, 0.717) is 11.7 Å². The number of furan rings is 1. The van der Waals surface area contributed by atoms with E-state index in [4.69, 9.17) is 20.5 Å².